The molecule has 1 aromatic rings. The smallest absolute Gasteiger partial charge is 0.00156 e. The second-order valence-corrected chi connectivity index (χ2v) is 6.05. The number of likely N-dealkylation sites (tertiary alicyclic amines) is 1. The fourth-order valence-electron chi connectivity index (χ4n) is 3.86. The SMILES string of the molecule is CCCCN1CC[C@@H]2c3ccccc3CC[C@H]2C1. The first-order valence-corrected chi connectivity index (χ1v) is 7.68. The third kappa shape index (κ3) is 2.33. The first-order chi connectivity index (χ1) is 8.88. The third-order valence-corrected chi connectivity index (χ3v) is 4.89. The van der Waals surface area contributed by atoms with Crippen LogP contribution in [0.5, 0.6) is 0 Å². The first kappa shape index (κ1) is 12.2. The molecule has 0 radical (unpaired) electrons. The molecule has 98 valence electrons. The molecule has 18 heavy (non-hydrogen) atoms. The molecule has 2 atom stereocenters. The normalized spacial score (nSPS) is 27.6. The highest BCUT2D eigenvalue weighted by atomic mass is 15.1. The van der Waals surface area contributed by atoms with Crippen molar-refractivity contribution >= 4 is 0 Å². The van der Waals surface area contributed by atoms with Crippen LogP contribution in [0.25, 0.3) is 0 Å². The lowest BCUT2D eigenvalue weighted by molar-refractivity contribution is 0.139. The molecular weight excluding hydrogens is 218 g/mol. The van der Waals surface area contributed by atoms with Gasteiger partial charge < -0.3 is 4.90 Å². The van der Waals surface area contributed by atoms with E-state index in [0.717, 1.165) is 11.8 Å². The van der Waals surface area contributed by atoms with Crippen molar-refractivity contribution < 1.29 is 0 Å². The summed E-state index contributed by atoms with van der Waals surface area (Å²) < 4.78 is 0. The van der Waals surface area contributed by atoms with Gasteiger partial charge in [0.2, 0.25) is 0 Å². The number of nitrogens with zero attached hydrogens (tertiary/aromatic N) is 1. The van der Waals surface area contributed by atoms with Gasteiger partial charge in [0, 0.05) is 6.54 Å². The number of fused-ring (bicyclic) bond motifs is 3. The van der Waals surface area contributed by atoms with E-state index >= 15 is 0 Å². The number of hydrogen-bond acceptors (Lipinski definition) is 1. The molecule has 1 aromatic carbocycles. The highest BCUT2D eigenvalue weighted by molar-refractivity contribution is 5.34. The Labute approximate surface area is 111 Å². The van der Waals surface area contributed by atoms with Crippen molar-refractivity contribution in [3.05, 3.63) is 35.4 Å². The zero-order chi connectivity index (χ0) is 12.4. The lowest BCUT2D eigenvalue weighted by Gasteiger charge is -2.42. The molecule has 1 saturated heterocycles. The monoisotopic (exact) mass is 243 g/mol. The van der Waals surface area contributed by atoms with Crippen LogP contribution in [-0.4, -0.2) is 24.5 Å². The molecule has 1 heterocycles. The van der Waals surface area contributed by atoms with E-state index in [9.17, 15) is 0 Å². The average Bonchev–Trinajstić information content (AvgIpc) is 2.44. The van der Waals surface area contributed by atoms with Crippen LogP contribution in [0.1, 0.15) is 49.7 Å². The van der Waals surface area contributed by atoms with E-state index in [-0.39, 0.29) is 0 Å². The molecule has 1 aliphatic heterocycles. The van der Waals surface area contributed by atoms with Crippen LogP contribution >= 0.6 is 0 Å². The maximum absolute atomic E-state index is 2.71. The quantitative estimate of drug-likeness (QED) is 0.779. The van der Waals surface area contributed by atoms with E-state index in [2.05, 4.69) is 36.1 Å². The lowest BCUT2D eigenvalue weighted by atomic mass is 9.71. The van der Waals surface area contributed by atoms with E-state index in [0.29, 0.717) is 0 Å². The van der Waals surface area contributed by atoms with E-state index in [1.54, 1.807) is 11.1 Å². The number of benzene rings is 1. The molecule has 2 aliphatic rings. The van der Waals surface area contributed by atoms with Crippen molar-refractivity contribution in [2.45, 2.75) is 44.9 Å². The van der Waals surface area contributed by atoms with Gasteiger partial charge in [-0.2, -0.15) is 0 Å². The van der Waals surface area contributed by atoms with Gasteiger partial charge in [-0.3, -0.25) is 0 Å². The number of aryl methyl sites for hydroxylation is 1. The van der Waals surface area contributed by atoms with Crippen LogP contribution in [0.15, 0.2) is 24.3 Å². The third-order valence-electron chi connectivity index (χ3n) is 4.89. The molecule has 0 bridgehead atoms. The van der Waals surface area contributed by atoms with E-state index < -0.39 is 0 Å². The van der Waals surface area contributed by atoms with Gasteiger partial charge in [-0.1, -0.05) is 37.6 Å². The minimum atomic E-state index is 0.854. The zero-order valence-electron chi connectivity index (χ0n) is 11.6. The summed E-state index contributed by atoms with van der Waals surface area (Å²) in [4.78, 5) is 2.71. The van der Waals surface area contributed by atoms with Gasteiger partial charge in [0.1, 0.15) is 0 Å². The molecule has 1 heteroatoms. The largest absolute Gasteiger partial charge is 0.303 e. The summed E-state index contributed by atoms with van der Waals surface area (Å²) in [5.74, 6) is 1.78. The molecule has 0 amide bonds. The minimum Gasteiger partial charge on any atom is -0.303 e. The standard InChI is InChI=1S/C17H25N/c1-2-3-11-18-12-10-17-15(13-18)9-8-14-6-4-5-7-16(14)17/h4-7,15,17H,2-3,8-13H2,1H3/t15-,17-/m0/s1. The number of hydrogen-bond donors (Lipinski definition) is 0. The Morgan fingerprint density at radius 3 is 3.00 bits per heavy atom. The Bertz CT molecular complexity index is 398. The highest BCUT2D eigenvalue weighted by Gasteiger charge is 2.33. The number of unbranched alkanes of at least 4 members (excludes halogenated alkanes) is 1. The zero-order valence-corrected chi connectivity index (χ0v) is 11.6. The maximum atomic E-state index is 2.71. The minimum absolute atomic E-state index is 0.854. The molecule has 0 N–H and O–H groups in total. The summed E-state index contributed by atoms with van der Waals surface area (Å²) in [6.45, 7) is 6.28. The molecule has 1 nitrogen and oxygen atoms in total. The topological polar surface area (TPSA) is 3.24 Å². The molecule has 0 aromatic heterocycles. The Balaban J connectivity index is 1.70. The summed E-state index contributed by atoms with van der Waals surface area (Å²) in [7, 11) is 0. The van der Waals surface area contributed by atoms with Crippen molar-refractivity contribution in [3.8, 4) is 0 Å². The van der Waals surface area contributed by atoms with Crippen LogP contribution in [0.2, 0.25) is 0 Å². The summed E-state index contributed by atoms with van der Waals surface area (Å²) in [6.07, 6.45) is 6.79. The number of piperidine rings is 1. The predicted molar refractivity (Wildman–Crippen MR) is 77.0 cm³/mol. The van der Waals surface area contributed by atoms with Gasteiger partial charge in [0.15, 0.2) is 0 Å². The molecule has 1 aliphatic carbocycles. The van der Waals surface area contributed by atoms with E-state index in [1.807, 2.05) is 0 Å². The van der Waals surface area contributed by atoms with Gasteiger partial charge >= 0.3 is 0 Å². The maximum Gasteiger partial charge on any atom is 0.00156 e. The fraction of sp³-hybridized carbons (Fsp3) is 0.647. The second-order valence-electron chi connectivity index (χ2n) is 6.05. The summed E-state index contributed by atoms with van der Waals surface area (Å²) in [5.41, 5.74) is 3.30. The Morgan fingerprint density at radius 1 is 1.22 bits per heavy atom. The van der Waals surface area contributed by atoms with Gasteiger partial charge in [-0.15, -0.1) is 0 Å². The van der Waals surface area contributed by atoms with Gasteiger partial charge in [-0.05, 0) is 61.7 Å². The Hall–Kier alpha value is -0.820. The van der Waals surface area contributed by atoms with Crippen LogP contribution < -0.4 is 0 Å². The van der Waals surface area contributed by atoms with Crippen molar-refractivity contribution in [2.24, 2.45) is 5.92 Å². The van der Waals surface area contributed by atoms with Crippen LogP contribution in [-0.2, 0) is 6.42 Å². The molecule has 0 unspecified atom stereocenters. The summed E-state index contributed by atoms with van der Waals surface area (Å²) in [6, 6.07) is 9.16. The van der Waals surface area contributed by atoms with Crippen molar-refractivity contribution in [1.29, 1.82) is 0 Å². The molecule has 0 saturated carbocycles. The van der Waals surface area contributed by atoms with Crippen molar-refractivity contribution in [1.82, 2.24) is 4.90 Å². The van der Waals surface area contributed by atoms with Crippen molar-refractivity contribution in [3.63, 3.8) is 0 Å². The Morgan fingerprint density at radius 2 is 2.11 bits per heavy atom. The average molecular weight is 243 g/mol. The van der Waals surface area contributed by atoms with Crippen LogP contribution in [0, 0.1) is 5.92 Å². The highest BCUT2D eigenvalue weighted by Crippen LogP contribution is 2.41. The Kier molecular flexibility index (Phi) is 3.69. The van der Waals surface area contributed by atoms with Gasteiger partial charge in [0.25, 0.3) is 0 Å². The first-order valence-electron chi connectivity index (χ1n) is 7.68. The predicted octanol–water partition coefficient (Wildman–Crippen LogP) is 3.84. The van der Waals surface area contributed by atoms with Crippen LogP contribution in [0.3, 0.4) is 0 Å². The van der Waals surface area contributed by atoms with E-state index in [1.165, 1.54) is 51.7 Å². The van der Waals surface area contributed by atoms with Crippen molar-refractivity contribution in [2.75, 3.05) is 19.6 Å². The van der Waals surface area contributed by atoms with Crippen LogP contribution in [0.4, 0.5) is 0 Å². The summed E-state index contributed by atoms with van der Waals surface area (Å²) in [5, 5.41) is 0. The summed E-state index contributed by atoms with van der Waals surface area (Å²) >= 11 is 0. The lowest BCUT2D eigenvalue weighted by Crippen LogP contribution is -2.41. The van der Waals surface area contributed by atoms with Gasteiger partial charge in [0.05, 0.1) is 0 Å². The number of rotatable bonds is 3. The van der Waals surface area contributed by atoms with E-state index in [4.69, 9.17) is 0 Å². The molecule has 3 rings (SSSR count). The molecular formula is C17H25N. The second kappa shape index (κ2) is 5.44. The fourth-order valence-corrected chi connectivity index (χ4v) is 3.86. The van der Waals surface area contributed by atoms with Gasteiger partial charge in [-0.25, -0.2) is 0 Å². The molecule has 1 fully saturated rings. The molecule has 0 spiro atoms.